The van der Waals surface area contributed by atoms with Gasteiger partial charge in [0, 0.05) is 11.3 Å². The highest BCUT2D eigenvalue weighted by Gasteiger charge is 2.52. The number of halogens is 1. The van der Waals surface area contributed by atoms with Gasteiger partial charge in [-0.05, 0) is 11.6 Å². The molecule has 0 aromatic rings. The van der Waals surface area contributed by atoms with Crippen molar-refractivity contribution in [3.8, 4) is 0 Å². The molecule has 1 aliphatic carbocycles. The third kappa shape index (κ3) is 1.18. The third-order valence-electron chi connectivity index (χ3n) is 1.32. The zero-order chi connectivity index (χ0) is 7.02. The van der Waals surface area contributed by atoms with Gasteiger partial charge in [-0.1, -0.05) is 0 Å². The molecule has 0 bridgehead atoms. The second-order valence-corrected chi connectivity index (χ2v) is 2.37. The summed E-state index contributed by atoms with van der Waals surface area (Å²) < 4.78 is 0. The van der Waals surface area contributed by atoms with Gasteiger partial charge >= 0.3 is 0 Å². The molecule has 0 aromatic carbocycles. The first-order valence-corrected chi connectivity index (χ1v) is 2.83. The second-order valence-electron chi connectivity index (χ2n) is 2.00. The topological polar surface area (TPSA) is 60.2 Å². The van der Waals surface area contributed by atoms with Crippen LogP contribution < -0.4 is 0 Å². The van der Waals surface area contributed by atoms with E-state index in [1.165, 1.54) is 0 Å². The first kappa shape index (κ1) is 6.48. The van der Waals surface area contributed by atoms with Crippen LogP contribution in [0.5, 0.6) is 0 Å². The summed E-state index contributed by atoms with van der Waals surface area (Å²) in [6, 6.07) is -0.699. The Labute approximate surface area is 55.9 Å². The highest BCUT2D eigenvalue weighted by molar-refractivity contribution is 6.64. The smallest absolute Gasteiger partial charge is 0.231 e. The Hall–Kier alpha value is -0.640. The molecule has 0 unspecified atom stereocenters. The number of nitro groups is 1. The monoisotopic (exact) mass is 149 g/mol. The van der Waals surface area contributed by atoms with Gasteiger partial charge in [-0.3, -0.25) is 14.9 Å². The van der Waals surface area contributed by atoms with E-state index in [1.54, 1.807) is 0 Å². The Bertz CT molecular complexity index is 151. The molecule has 0 aromatic heterocycles. The highest BCUT2D eigenvalue weighted by atomic mass is 35.5. The minimum absolute atomic E-state index is 0.315. The average Bonchev–Trinajstić information content (AvgIpc) is 2.39. The van der Waals surface area contributed by atoms with E-state index in [0.717, 1.165) is 0 Å². The van der Waals surface area contributed by atoms with Crippen molar-refractivity contribution in [1.29, 1.82) is 0 Å². The van der Waals surface area contributed by atoms with Gasteiger partial charge in [-0.15, -0.1) is 0 Å². The van der Waals surface area contributed by atoms with Crippen molar-refractivity contribution in [3.05, 3.63) is 10.1 Å². The van der Waals surface area contributed by atoms with Crippen molar-refractivity contribution in [2.24, 2.45) is 5.92 Å². The summed E-state index contributed by atoms with van der Waals surface area (Å²) in [5, 5.41) is 9.28. The fourth-order valence-electron chi connectivity index (χ4n) is 0.659. The Kier molecular flexibility index (Phi) is 1.40. The molecule has 1 aliphatic rings. The number of nitrogens with zero attached hydrogens (tertiary/aromatic N) is 1. The molecule has 0 radical (unpaired) electrons. The third-order valence-corrected chi connectivity index (χ3v) is 1.60. The molecule has 0 spiro atoms. The molecule has 4 nitrogen and oxygen atoms in total. The van der Waals surface area contributed by atoms with Crippen molar-refractivity contribution in [3.63, 3.8) is 0 Å². The van der Waals surface area contributed by atoms with Crippen LogP contribution in [0.1, 0.15) is 6.42 Å². The SMILES string of the molecule is O=C(Cl)[C@H]1C[C@H]1[N+](=O)[O-]. The van der Waals surface area contributed by atoms with E-state index in [0.29, 0.717) is 6.42 Å². The zero-order valence-electron chi connectivity index (χ0n) is 4.41. The molecule has 1 rings (SSSR count). The maximum Gasteiger partial charge on any atom is 0.231 e. The van der Waals surface area contributed by atoms with Crippen LogP contribution >= 0.6 is 11.6 Å². The minimum atomic E-state index is -0.699. The van der Waals surface area contributed by atoms with E-state index >= 15 is 0 Å². The molecule has 1 saturated carbocycles. The first-order valence-electron chi connectivity index (χ1n) is 2.45. The Balaban J connectivity index is 2.42. The standard InChI is InChI=1S/C4H4ClNO3/c5-4(7)2-1-3(2)6(8)9/h2-3H,1H2/t2-,3+/m0/s1. The summed E-state index contributed by atoms with van der Waals surface area (Å²) in [5.74, 6) is -0.512. The van der Waals surface area contributed by atoms with Gasteiger partial charge in [-0.2, -0.15) is 0 Å². The molecule has 0 amide bonds. The van der Waals surface area contributed by atoms with Crippen LogP contribution in [-0.4, -0.2) is 16.2 Å². The molecule has 1 fully saturated rings. The first-order chi connectivity index (χ1) is 4.13. The van der Waals surface area contributed by atoms with Crippen LogP contribution in [-0.2, 0) is 4.79 Å². The van der Waals surface area contributed by atoms with Gasteiger partial charge in [-0.25, -0.2) is 0 Å². The van der Waals surface area contributed by atoms with E-state index in [2.05, 4.69) is 0 Å². The van der Waals surface area contributed by atoms with Gasteiger partial charge in [0.25, 0.3) is 0 Å². The van der Waals surface area contributed by atoms with Crippen molar-refractivity contribution in [2.45, 2.75) is 12.5 Å². The van der Waals surface area contributed by atoms with E-state index in [1.807, 2.05) is 0 Å². The van der Waals surface area contributed by atoms with Crippen molar-refractivity contribution < 1.29 is 9.72 Å². The fraction of sp³-hybridized carbons (Fsp3) is 0.750. The lowest BCUT2D eigenvalue weighted by Gasteiger charge is -1.83. The van der Waals surface area contributed by atoms with Gasteiger partial charge in [0.1, 0.15) is 5.92 Å². The Morgan fingerprint density at radius 1 is 1.78 bits per heavy atom. The summed E-state index contributed by atoms with van der Waals surface area (Å²) in [6.45, 7) is 0. The van der Waals surface area contributed by atoms with Gasteiger partial charge < -0.3 is 0 Å². The van der Waals surface area contributed by atoms with E-state index in [4.69, 9.17) is 11.6 Å². The normalized spacial score (nSPS) is 31.7. The number of carbonyl (C=O) groups is 1. The fourth-order valence-corrected chi connectivity index (χ4v) is 0.893. The number of hydrogen-bond donors (Lipinski definition) is 0. The van der Waals surface area contributed by atoms with Crippen molar-refractivity contribution in [1.82, 2.24) is 0 Å². The Morgan fingerprint density at radius 3 is 2.44 bits per heavy atom. The summed E-state index contributed by atoms with van der Waals surface area (Å²) in [7, 11) is 0. The summed E-state index contributed by atoms with van der Waals surface area (Å²) in [4.78, 5) is 19.6. The summed E-state index contributed by atoms with van der Waals surface area (Å²) in [5.41, 5.74) is 0. The highest BCUT2D eigenvalue weighted by Crippen LogP contribution is 2.34. The Morgan fingerprint density at radius 2 is 2.33 bits per heavy atom. The zero-order valence-corrected chi connectivity index (χ0v) is 5.17. The molecular formula is C4H4ClNO3. The molecule has 0 N–H and O–H groups in total. The van der Waals surface area contributed by atoms with Crippen LogP contribution in [0.4, 0.5) is 0 Å². The predicted octanol–water partition coefficient (Wildman–Crippen LogP) is 0.417. The van der Waals surface area contributed by atoms with E-state index < -0.39 is 22.1 Å². The molecule has 5 heteroatoms. The lowest BCUT2D eigenvalue weighted by atomic mass is 10.5. The quantitative estimate of drug-likeness (QED) is 0.325. The summed E-state index contributed by atoms with van der Waals surface area (Å²) >= 11 is 4.97. The lowest BCUT2D eigenvalue weighted by Crippen LogP contribution is -2.06. The van der Waals surface area contributed by atoms with Gasteiger partial charge in [0.05, 0.1) is 0 Å². The predicted molar refractivity (Wildman–Crippen MR) is 29.7 cm³/mol. The molecule has 50 valence electrons. The lowest BCUT2D eigenvalue weighted by molar-refractivity contribution is -0.497. The maximum atomic E-state index is 10.2. The number of carbonyl (C=O) groups excluding carboxylic acids is 1. The van der Waals surface area contributed by atoms with Crippen LogP contribution in [0.2, 0.25) is 0 Å². The van der Waals surface area contributed by atoms with E-state index in [-0.39, 0.29) is 0 Å². The van der Waals surface area contributed by atoms with Gasteiger partial charge in [0.2, 0.25) is 11.3 Å². The average molecular weight is 150 g/mol. The molecule has 9 heavy (non-hydrogen) atoms. The van der Waals surface area contributed by atoms with Gasteiger partial charge in [0.15, 0.2) is 0 Å². The maximum absolute atomic E-state index is 10.2. The second kappa shape index (κ2) is 1.95. The summed E-state index contributed by atoms with van der Waals surface area (Å²) in [6.07, 6.45) is 0.315. The largest absolute Gasteiger partial charge is 0.281 e. The molecule has 0 aliphatic heterocycles. The molecular weight excluding hydrogens is 146 g/mol. The number of hydrogen-bond acceptors (Lipinski definition) is 3. The van der Waals surface area contributed by atoms with Crippen LogP contribution in [0.15, 0.2) is 0 Å². The molecule has 0 heterocycles. The van der Waals surface area contributed by atoms with Crippen LogP contribution in [0, 0.1) is 16.0 Å². The van der Waals surface area contributed by atoms with Crippen molar-refractivity contribution in [2.75, 3.05) is 0 Å². The van der Waals surface area contributed by atoms with E-state index in [9.17, 15) is 14.9 Å². The number of rotatable bonds is 2. The minimum Gasteiger partial charge on any atom is -0.281 e. The molecule has 2 atom stereocenters. The van der Waals surface area contributed by atoms with Crippen LogP contribution in [0.25, 0.3) is 0 Å². The molecule has 0 saturated heterocycles. The van der Waals surface area contributed by atoms with Crippen LogP contribution in [0.3, 0.4) is 0 Å². The van der Waals surface area contributed by atoms with Crippen molar-refractivity contribution >= 4 is 16.8 Å².